The summed E-state index contributed by atoms with van der Waals surface area (Å²) in [6.45, 7) is 10.8. The molecule has 0 saturated carbocycles. The standard InChI is InChI=1S/C32H37N3O7Si/c1-32(2,3)43(4,5)42-28(20-34(31(37)38)19-22-11-13-24(14-12-22)35(39)40)25-15-17-27(30-26(25)16-18-29(36)33-30)41-21-23-9-7-6-8-10-23/h6-18,28H,19-21H2,1-5H3,(H,33,36)(H,37,38). The van der Waals surface area contributed by atoms with Gasteiger partial charge in [0.1, 0.15) is 12.4 Å². The molecule has 0 bridgehead atoms. The third kappa shape index (κ3) is 7.68. The molecule has 0 spiro atoms. The van der Waals surface area contributed by atoms with Crippen LogP contribution >= 0.6 is 0 Å². The van der Waals surface area contributed by atoms with Crippen molar-refractivity contribution >= 4 is 31.0 Å². The lowest BCUT2D eigenvalue weighted by atomic mass is 10.0. The van der Waals surface area contributed by atoms with Crippen LogP contribution in [0.4, 0.5) is 10.5 Å². The second-order valence-electron chi connectivity index (χ2n) is 12.0. The van der Waals surface area contributed by atoms with Crippen molar-refractivity contribution in [1.29, 1.82) is 0 Å². The van der Waals surface area contributed by atoms with E-state index in [1.165, 1.54) is 23.1 Å². The van der Waals surface area contributed by atoms with E-state index >= 15 is 0 Å². The first-order valence-electron chi connectivity index (χ1n) is 14.0. The van der Waals surface area contributed by atoms with E-state index in [2.05, 4.69) is 38.8 Å². The van der Waals surface area contributed by atoms with Crippen molar-refractivity contribution in [3.05, 3.63) is 116 Å². The summed E-state index contributed by atoms with van der Waals surface area (Å²) in [5, 5.41) is 21.8. The number of rotatable bonds is 11. The molecule has 4 aromatic rings. The summed E-state index contributed by atoms with van der Waals surface area (Å²) in [7, 11) is -2.43. The van der Waals surface area contributed by atoms with Crippen molar-refractivity contribution < 1.29 is 24.0 Å². The van der Waals surface area contributed by atoms with Gasteiger partial charge in [-0.05, 0) is 47.0 Å². The molecule has 1 amide bonds. The average molecular weight is 604 g/mol. The molecule has 1 aromatic heterocycles. The fraction of sp³-hybridized carbons (Fsp3) is 0.312. The summed E-state index contributed by atoms with van der Waals surface area (Å²) < 4.78 is 13.0. The Morgan fingerprint density at radius 1 is 1.00 bits per heavy atom. The maximum absolute atomic E-state index is 12.5. The molecule has 3 aromatic carbocycles. The molecule has 1 atom stereocenters. The normalized spacial score (nSPS) is 12.6. The van der Waals surface area contributed by atoms with Gasteiger partial charge in [0, 0.05) is 30.1 Å². The number of nitrogens with one attached hydrogen (secondary N) is 1. The molecule has 43 heavy (non-hydrogen) atoms. The lowest BCUT2D eigenvalue weighted by Gasteiger charge is -2.40. The Balaban J connectivity index is 1.74. The van der Waals surface area contributed by atoms with Crippen molar-refractivity contribution in [1.82, 2.24) is 9.88 Å². The Labute approximate surface area is 251 Å². The Morgan fingerprint density at radius 2 is 1.67 bits per heavy atom. The molecule has 0 aliphatic carbocycles. The van der Waals surface area contributed by atoms with Gasteiger partial charge in [-0.1, -0.05) is 69.3 Å². The van der Waals surface area contributed by atoms with Gasteiger partial charge in [0.2, 0.25) is 5.56 Å². The third-order valence-corrected chi connectivity index (χ3v) is 12.4. The van der Waals surface area contributed by atoms with Gasteiger partial charge in [0.15, 0.2) is 8.32 Å². The number of nitro benzene ring substituents is 1. The van der Waals surface area contributed by atoms with Gasteiger partial charge in [-0.25, -0.2) is 4.79 Å². The largest absolute Gasteiger partial charge is 0.487 e. The minimum atomic E-state index is -2.43. The smallest absolute Gasteiger partial charge is 0.407 e. The Bertz CT molecular complexity index is 1650. The Morgan fingerprint density at radius 3 is 2.28 bits per heavy atom. The zero-order valence-corrected chi connectivity index (χ0v) is 26.0. The molecule has 11 heteroatoms. The zero-order chi connectivity index (χ0) is 31.4. The number of carbonyl (C=O) groups is 1. The number of amides is 1. The third-order valence-electron chi connectivity index (χ3n) is 7.90. The summed E-state index contributed by atoms with van der Waals surface area (Å²) in [5.74, 6) is 0.493. The topological polar surface area (TPSA) is 135 Å². The summed E-state index contributed by atoms with van der Waals surface area (Å²) in [6.07, 6.45) is -1.82. The first-order valence-corrected chi connectivity index (χ1v) is 16.9. The summed E-state index contributed by atoms with van der Waals surface area (Å²) in [5.41, 5.74) is 2.44. The van der Waals surface area contributed by atoms with Gasteiger partial charge < -0.3 is 24.2 Å². The summed E-state index contributed by atoms with van der Waals surface area (Å²) in [4.78, 5) is 39.7. The molecule has 2 N–H and O–H groups in total. The predicted molar refractivity (Wildman–Crippen MR) is 168 cm³/mol. The predicted octanol–water partition coefficient (Wildman–Crippen LogP) is 7.26. The van der Waals surface area contributed by atoms with Crippen LogP contribution in [0.5, 0.6) is 5.75 Å². The number of hydrogen-bond acceptors (Lipinski definition) is 6. The lowest BCUT2D eigenvalue weighted by molar-refractivity contribution is -0.384. The molecular formula is C32H37N3O7Si. The van der Waals surface area contributed by atoms with Gasteiger partial charge >= 0.3 is 6.09 Å². The molecule has 4 rings (SSSR count). The number of benzene rings is 3. The monoisotopic (exact) mass is 603 g/mol. The molecule has 1 unspecified atom stereocenters. The first kappa shape index (κ1) is 31.5. The first-order chi connectivity index (χ1) is 20.2. The van der Waals surface area contributed by atoms with E-state index in [-0.39, 0.29) is 29.4 Å². The van der Waals surface area contributed by atoms with E-state index in [1.807, 2.05) is 36.4 Å². The van der Waals surface area contributed by atoms with Gasteiger partial charge in [0.25, 0.3) is 5.69 Å². The van der Waals surface area contributed by atoms with E-state index in [0.717, 1.165) is 11.1 Å². The number of pyridine rings is 1. The molecular weight excluding hydrogens is 566 g/mol. The fourth-order valence-electron chi connectivity index (χ4n) is 4.47. The molecule has 0 radical (unpaired) electrons. The maximum atomic E-state index is 12.5. The maximum Gasteiger partial charge on any atom is 0.407 e. The van der Waals surface area contributed by atoms with E-state index < -0.39 is 25.4 Å². The van der Waals surface area contributed by atoms with Gasteiger partial charge in [-0.2, -0.15) is 0 Å². The van der Waals surface area contributed by atoms with Crippen molar-refractivity contribution in [3.8, 4) is 5.75 Å². The summed E-state index contributed by atoms with van der Waals surface area (Å²) in [6, 6.07) is 22.3. The van der Waals surface area contributed by atoms with Crippen LogP contribution in [0.1, 0.15) is 43.6 Å². The highest BCUT2D eigenvalue weighted by atomic mass is 28.4. The second-order valence-corrected chi connectivity index (χ2v) is 16.7. The van der Waals surface area contributed by atoms with Crippen LogP contribution in [0.25, 0.3) is 10.9 Å². The number of H-pyrrole nitrogens is 1. The molecule has 0 saturated heterocycles. The van der Waals surface area contributed by atoms with E-state index in [0.29, 0.717) is 28.8 Å². The van der Waals surface area contributed by atoms with Crippen LogP contribution < -0.4 is 10.3 Å². The molecule has 10 nitrogen and oxygen atoms in total. The van der Waals surface area contributed by atoms with Gasteiger partial charge in [0.05, 0.1) is 23.1 Å². The number of nitrogens with zero attached hydrogens (tertiary/aromatic N) is 2. The van der Waals surface area contributed by atoms with Crippen molar-refractivity contribution in [3.63, 3.8) is 0 Å². The number of aromatic amines is 1. The average Bonchev–Trinajstić information content (AvgIpc) is 2.95. The van der Waals surface area contributed by atoms with Crippen molar-refractivity contribution in [2.24, 2.45) is 0 Å². The van der Waals surface area contributed by atoms with Crippen LogP contribution in [0.2, 0.25) is 18.1 Å². The van der Waals surface area contributed by atoms with Crippen LogP contribution in [-0.2, 0) is 17.6 Å². The minimum absolute atomic E-state index is 0.00270. The highest BCUT2D eigenvalue weighted by molar-refractivity contribution is 6.74. The van der Waals surface area contributed by atoms with Crippen molar-refractivity contribution in [2.45, 2.75) is 58.2 Å². The Kier molecular flexibility index (Phi) is 9.36. The second kappa shape index (κ2) is 12.8. The SMILES string of the molecule is CC(C)(C)[Si](C)(C)OC(CN(Cc1ccc([N+](=O)[O-])cc1)C(=O)O)c1ccc(OCc2ccccc2)c2[nH]c(=O)ccc12. The van der Waals surface area contributed by atoms with E-state index in [1.54, 1.807) is 24.3 Å². The van der Waals surface area contributed by atoms with E-state index in [9.17, 15) is 24.8 Å². The quantitative estimate of drug-likeness (QED) is 0.105. The number of nitro groups is 1. The number of aromatic nitrogens is 1. The zero-order valence-electron chi connectivity index (χ0n) is 25.0. The number of non-ortho nitro benzene ring substituents is 1. The minimum Gasteiger partial charge on any atom is -0.487 e. The number of fused-ring (bicyclic) bond motifs is 1. The van der Waals surface area contributed by atoms with Gasteiger partial charge in [-0.3, -0.25) is 14.9 Å². The number of carboxylic acid groups (broad SMARTS) is 1. The summed E-state index contributed by atoms with van der Waals surface area (Å²) >= 11 is 0. The Hall–Kier alpha value is -4.48. The molecule has 1 heterocycles. The molecule has 0 aliphatic heterocycles. The highest BCUT2D eigenvalue weighted by Crippen LogP contribution is 2.41. The molecule has 0 fully saturated rings. The van der Waals surface area contributed by atoms with Gasteiger partial charge in [-0.15, -0.1) is 0 Å². The number of hydrogen-bond donors (Lipinski definition) is 2. The van der Waals surface area contributed by atoms with Crippen LogP contribution in [0.15, 0.2) is 83.7 Å². The van der Waals surface area contributed by atoms with Crippen LogP contribution in [0, 0.1) is 10.1 Å². The van der Waals surface area contributed by atoms with Crippen molar-refractivity contribution in [2.75, 3.05) is 6.54 Å². The molecule has 226 valence electrons. The van der Waals surface area contributed by atoms with E-state index in [4.69, 9.17) is 9.16 Å². The van der Waals surface area contributed by atoms with Crippen LogP contribution in [-0.4, -0.2) is 40.9 Å². The highest BCUT2D eigenvalue weighted by Gasteiger charge is 2.40. The number of ether oxygens (including phenoxy) is 1. The van der Waals surface area contributed by atoms with Crippen LogP contribution in [0.3, 0.4) is 0 Å². The lowest BCUT2D eigenvalue weighted by Crippen LogP contribution is -2.44. The fourth-order valence-corrected chi connectivity index (χ4v) is 5.74. The molecule has 0 aliphatic rings.